The third-order valence-electron chi connectivity index (χ3n) is 2.83. The normalized spacial score (nSPS) is 15.4. The summed E-state index contributed by atoms with van der Waals surface area (Å²) in [4.78, 5) is 22.3. The number of hydrogen-bond donors (Lipinski definition) is 1. The number of nitro groups is 2. The van der Waals surface area contributed by atoms with E-state index in [0.717, 1.165) is 6.07 Å². The van der Waals surface area contributed by atoms with Crippen molar-refractivity contribution in [1.82, 2.24) is 5.32 Å². The highest BCUT2D eigenvalue weighted by Gasteiger charge is 2.31. The lowest BCUT2D eigenvalue weighted by Gasteiger charge is -2.28. The smallest absolute Gasteiger partial charge is 0.363 e. The Hall–Kier alpha value is -2.22. The number of anilines is 1. The van der Waals surface area contributed by atoms with Crippen molar-refractivity contribution < 1.29 is 9.85 Å². The lowest BCUT2D eigenvalue weighted by atomic mass is 10.2. The molecule has 18 heavy (non-hydrogen) atoms. The number of rotatable bonds is 3. The Morgan fingerprint density at radius 3 is 2.33 bits per heavy atom. The van der Waals surface area contributed by atoms with E-state index in [1.54, 1.807) is 11.0 Å². The molecule has 1 saturated heterocycles. The van der Waals surface area contributed by atoms with Crippen molar-refractivity contribution in [2.45, 2.75) is 0 Å². The highest BCUT2D eigenvalue weighted by atomic mass is 16.6. The minimum atomic E-state index is -0.718. The molecule has 0 saturated carbocycles. The van der Waals surface area contributed by atoms with Crippen LogP contribution in [0.2, 0.25) is 0 Å². The molecule has 1 fully saturated rings. The maximum atomic E-state index is 11.0. The molecule has 1 heterocycles. The van der Waals surface area contributed by atoms with Gasteiger partial charge in [-0.05, 0) is 6.07 Å². The molecule has 8 heteroatoms. The average molecular weight is 252 g/mol. The molecular weight excluding hydrogens is 240 g/mol. The Balaban J connectivity index is 2.48. The maximum Gasteiger partial charge on any atom is 0.369 e. The van der Waals surface area contributed by atoms with Crippen LogP contribution in [0.1, 0.15) is 0 Å². The molecule has 0 aliphatic carbocycles. The fraction of sp³-hybridized carbons (Fsp3) is 0.400. The van der Waals surface area contributed by atoms with Crippen molar-refractivity contribution in [2.75, 3.05) is 31.1 Å². The van der Waals surface area contributed by atoms with Gasteiger partial charge in [0.15, 0.2) is 0 Å². The van der Waals surface area contributed by atoms with Crippen molar-refractivity contribution in [3.05, 3.63) is 38.4 Å². The molecule has 0 radical (unpaired) electrons. The number of benzene rings is 1. The molecule has 1 aliphatic rings. The Labute approximate surface area is 103 Å². The van der Waals surface area contributed by atoms with Gasteiger partial charge in [0.25, 0.3) is 0 Å². The lowest BCUT2D eigenvalue weighted by molar-refractivity contribution is -0.422. The zero-order valence-electron chi connectivity index (χ0n) is 9.54. The molecule has 1 aromatic rings. The largest absolute Gasteiger partial charge is 0.369 e. The molecule has 0 amide bonds. The van der Waals surface area contributed by atoms with Crippen LogP contribution >= 0.6 is 0 Å². The number of nitrogens with one attached hydrogen (secondary N) is 1. The molecule has 8 nitrogen and oxygen atoms in total. The summed E-state index contributed by atoms with van der Waals surface area (Å²) in [6.07, 6.45) is 0. The predicted octanol–water partition coefficient (Wildman–Crippen LogP) is 0.913. The maximum absolute atomic E-state index is 11.0. The SMILES string of the molecule is O=[N+]([O-])c1cccc(N2CCNCC2)c1[N+](=O)[O-]. The summed E-state index contributed by atoms with van der Waals surface area (Å²) in [6.45, 7) is 2.61. The van der Waals surface area contributed by atoms with Crippen LogP contribution in [0.5, 0.6) is 0 Å². The van der Waals surface area contributed by atoms with Gasteiger partial charge in [-0.25, -0.2) is 0 Å². The fourth-order valence-corrected chi connectivity index (χ4v) is 2.01. The van der Waals surface area contributed by atoms with Gasteiger partial charge in [0.05, 0.1) is 9.85 Å². The zero-order valence-corrected chi connectivity index (χ0v) is 9.54. The van der Waals surface area contributed by atoms with Gasteiger partial charge in [-0.15, -0.1) is 0 Å². The molecular formula is C10H12N4O4. The van der Waals surface area contributed by atoms with E-state index < -0.39 is 21.2 Å². The summed E-state index contributed by atoms with van der Waals surface area (Å²) in [6, 6.07) is 4.18. The Morgan fingerprint density at radius 1 is 1.11 bits per heavy atom. The highest BCUT2D eigenvalue weighted by molar-refractivity contribution is 5.72. The minimum absolute atomic E-state index is 0.315. The van der Waals surface area contributed by atoms with Crippen molar-refractivity contribution in [3.63, 3.8) is 0 Å². The molecule has 1 aliphatic heterocycles. The van der Waals surface area contributed by atoms with Crippen LogP contribution in [0.3, 0.4) is 0 Å². The zero-order chi connectivity index (χ0) is 13.1. The quantitative estimate of drug-likeness (QED) is 0.633. The van der Waals surface area contributed by atoms with E-state index in [0.29, 0.717) is 31.9 Å². The standard InChI is InChI=1S/C10H12N4O4/c15-13(16)9-3-1-2-8(10(9)14(17)18)12-6-4-11-5-7-12/h1-3,11H,4-7H2. The summed E-state index contributed by atoms with van der Waals surface area (Å²) in [5.74, 6) is 0. The van der Waals surface area contributed by atoms with Gasteiger partial charge in [-0.1, -0.05) is 6.07 Å². The van der Waals surface area contributed by atoms with Crippen LogP contribution < -0.4 is 10.2 Å². The van der Waals surface area contributed by atoms with Crippen LogP contribution in [-0.4, -0.2) is 36.0 Å². The Bertz CT molecular complexity index is 485. The van der Waals surface area contributed by atoms with Gasteiger partial charge >= 0.3 is 11.4 Å². The number of piperazine rings is 1. The number of para-hydroxylation sites is 1. The molecule has 0 atom stereocenters. The number of nitrogens with zero attached hydrogens (tertiary/aromatic N) is 3. The van der Waals surface area contributed by atoms with Crippen LogP contribution in [0.15, 0.2) is 18.2 Å². The van der Waals surface area contributed by atoms with E-state index in [-0.39, 0.29) is 0 Å². The first-order chi connectivity index (χ1) is 8.61. The molecule has 2 rings (SSSR count). The second kappa shape index (κ2) is 4.96. The lowest BCUT2D eigenvalue weighted by Crippen LogP contribution is -2.43. The van der Waals surface area contributed by atoms with E-state index in [1.807, 2.05) is 0 Å². The summed E-state index contributed by atoms with van der Waals surface area (Å²) in [5, 5.41) is 25.0. The van der Waals surface area contributed by atoms with E-state index in [4.69, 9.17) is 0 Å². The number of hydrogen-bond acceptors (Lipinski definition) is 6. The van der Waals surface area contributed by atoms with E-state index in [2.05, 4.69) is 5.32 Å². The molecule has 0 bridgehead atoms. The molecule has 0 spiro atoms. The van der Waals surface area contributed by atoms with Gasteiger partial charge in [-0.2, -0.15) is 0 Å². The van der Waals surface area contributed by atoms with Crippen LogP contribution in [-0.2, 0) is 0 Å². The van der Waals surface area contributed by atoms with Gasteiger partial charge < -0.3 is 10.2 Å². The molecule has 1 N–H and O–H groups in total. The third-order valence-corrected chi connectivity index (χ3v) is 2.83. The summed E-state index contributed by atoms with van der Waals surface area (Å²) < 4.78 is 0. The van der Waals surface area contributed by atoms with Crippen molar-refractivity contribution in [2.24, 2.45) is 0 Å². The second-order valence-electron chi connectivity index (χ2n) is 3.90. The predicted molar refractivity (Wildman–Crippen MR) is 64.8 cm³/mol. The molecule has 96 valence electrons. The van der Waals surface area contributed by atoms with Crippen molar-refractivity contribution in [3.8, 4) is 0 Å². The van der Waals surface area contributed by atoms with Gasteiger partial charge in [0, 0.05) is 32.2 Å². The third kappa shape index (κ3) is 2.23. The first kappa shape index (κ1) is 12.2. The van der Waals surface area contributed by atoms with Crippen molar-refractivity contribution >= 4 is 17.1 Å². The van der Waals surface area contributed by atoms with Crippen LogP contribution in [0.4, 0.5) is 17.1 Å². The molecule has 1 aromatic carbocycles. The fourth-order valence-electron chi connectivity index (χ4n) is 2.01. The second-order valence-corrected chi connectivity index (χ2v) is 3.90. The average Bonchev–Trinajstić information content (AvgIpc) is 2.38. The molecule has 0 aromatic heterocycles. The van der Waals surface area contributed by atoms with Crippen molar-refractivity contribution in [1.29, 1.82) is 0 Å². The highest BCUT2D eigenvalue weighted by Crippen LogP contribution is 2.36. The summed E-state index contributed by atoms with van der Waals surface area (Å²) in [7, 11) is 0. The minimum Gasteiger partial charge on any atom is -0.363 e. The summed E-state index contributed by atoms with van der Waals surface area (Å²) in [5.41, 5.74) is -0.573. The monoisotopic (exact) mass is 252 g/mol. The van der Waals surface area contributed by atoms with Crippen LogP contribution in [0, 0.1) is 20.2 Å². The van der Waals surface area contributed by atoms with E-state index in [9.17, 15) is 20.2 Å². The van der Waals surface area contributed by atoms with E-state index in [1.165, 1.54) is 6.07 Å². The van der Waals surface area contributed by atoms with Gasteiger partial charge in [0.1, 0.15) is 5.69 Å². The molecule has 0 unspecified atom stereocenters. The first-order valence-corrected chi connectivity index (χ1v) is 5.48. The summed E-state index contributed by atoms with van der Waals surface area (Å²) >= 11 is 0. The van der Waals surface area contributed by atoms with Gasteiger partial charge in [0.2, 0.25) is 0 Å². The van der Waals surface area contributed by atoms with Gasteiger partial charge in [-0.3, -0.25) is 20.2 Å². The Kier molecular flexibility index (Phi) is 3.38. The van der Waals surface area contributed by atoms with E-state index >= 15 is 0 Å². The van der Waals surface area contributed by atoms with Crippen LogP contribution in [0.25, 0.3) is 0 Å². The topological polar surface area (TPSA) is 102 Å². The Morgan fingerprint density at radius 2 is 1.78 bits per heavy atom. The first-order valence-electron chi connectivity index (χ1n) is 5.48. The number of nitro benzene ring substituents is 2.